The van der Waals surface area contributed by atoms with E-state index in [1.165, 1.54) is 18.3 Å². The van der Waals surface area contributed by atoms with Gasteiger partial charge in [0, 0.05) is 62.8 Å². The molecule has 13 heteroatoms. The zero-order valence-corrected chi connectivity index (χ0v) is 22.5. The summed E-state index contributed by atoms with van der Waals surface area (Å²) in [6.07, 6.45) is 0.167. The molecule has 0 atom stereocenters. The fourth-order valence-corrected chi connectivity index (χ4v) is 4.65. The molecule has 0 amide bonds. The molecule has 214 valence electrons. The first-order chi connectivity index (χ1) is 19.9. The Hall–Kier alpha value is -4.52. The number of hydrogen-bond acceptors (Lipinski definition) is 10. The lowest BCUT2D eigenvalue weighted by Gasteiger charge is -2.34. The number of anilines is 2. The normalized spacial score (nSPS) is 14.0. The van der Waals surface area contributed by atoms with Gasteiger partial charge in [0.05, 0.1) is 23.5 Å². The van der Waals surface area contributed by atoms with Crippen molar-refractivity contribution >= 4 is 18.0 Å². The summed E-state index contributed by atoms with van der Waals surface area (Å²) < 4.78 is 51.0. The number of carbonyl (C=O) groups is 1. The maximum atomic E-state index is 15.4. The quantitative estimate of drug-likeness (QED) is 0.253. The van der Waals surface area contributed by atoms with E-state index in [0.29, 0.717) is 22.5 Å². The molecule has 4 aromatic rings. The van der Waals surface area contributed by atoms with Crippen molar-refractivity contribution < 1.29 is 27.1 Å². The maximum absolute atomic E-state index is 15.4. The number of aromatic nitrogens is 4. The van der Waals surface area contributed by atoms with Crippen LogP contribution in [0.2, 0.25) is 0 Å². The molecule has 1 saturated heterocycles. The van der Waals surface area contributed by atoms with Crippen molar-refractivity contribution in [3.63, 3.8) is 0 Å². The smallest absolute Gasteiger partial charge is 0.314 e. The second-order valence-corrected chi connectivity index (χ2v) is 9.48. The highest BCUT2D eigenvalue weighted by Gasteiger charge is 2.20. The third kappa shape index (κ3) is 6.30. The van der Waals surface area contributed by atoms with Crippen LogP contribution in [0.25, 0.3) is 22.6 Å². The molecule has 0 unspecified atom stereocenters. The molecule has 10 nitrogen and oxygen atoms in total. The summed E-state index contributed by atoms with van der Waals surface area (Å²) in [5, 5.41) is 6.92. The van der Waals surface area contributed by atoms with Crippen molar-refractivity contribution in [1.82, 2.24) is 25.1 Å². The average Bonchev–Trinajstić information content (AvgIpc) is 3.49. The number of nitrogens with zero attached hydrogens (tertiary/aromatic N) is 7. The second kappa shape index (κ2) is 12.3. The number of alkyl halides is 2. The van der Waals surface area contributed by atoms with E-state index < -0.39 is 18.1 Å². The highest BCUT2D eigenvalue weighted by atomic mass is 19.3. The molecule has 5 rings (SSSR count). The van der Waals surface area contributed by atoms with E-state index in [1.807, 2.05) is 6.07 Å². The molecule has 0 aliphatic carbocycles. The maximum Gasteiger partial charge on any atom is 0.314 e. The van der Waals surface area contributed by atoms with Crippen LogP contribution in [0.3, 0.4) is 0 Å². The largest absolute Gasteiger partial charge is 0.427 e. The highest BCUT2D eigenvalue weighted by molar-refractivity contribution is 5.73. The summed E-state index contributed by atoms with van der Waals surface area (Å²) in [7, 11) is 1.70. The number of rotatable bonds is 10. The van der Waals surface area contributed by atoms with Crippen LogP contribution in [0, 0.1) is 5.82 Å². The predicted octanol–water partition coefficient (Wildman–Crippen LogP) is 4.58. The van der Waals surface area contributed by atoms with Crippen molar-refractivity contribution in [2.24, 2.45) is 0 Å². The Balaban J connectivity index is 1.32. The molecule has 3 aromatic heterocycles. The van der Waals surface area contributed by atoms with Gasteiger partial charge in [-0.05, 0) is 36.9 Å². The van der Waals surface area contributed by atoms with E-state index in [2.05, 4.69) is 36.9 Å². The Labute approximate surface area is 234 Å². The van der Waals surface area contributed by atoms with Gasteiger partial charge in [-0.1, -0.05) is 6.92 Å². The number of pyridine rings is 2. The summed E-state index contributed by atoms with van der Waals surface area (Å²) in [5.74, 6) is -0.355. The van der Waals surface area contributed by atoms with Crippen molar-refractivity contribution in [1.29, 1.82) is 0 Å². The van der Waals surface area contributed by atoms with Gasteiger partial charge < -0.3 is 23.9 Å². The third-order valence-corrected chi connectivity index (χ3v) is 6.94. The second-order valence-electron chi connectivity index (χ2n) is 9.48. The first-order valence-electron chi connectivity index (χ1n) is 13.0. The average molecular weight is 568 g/mol. The molecule has 1 aliphatic heterocycles. The van der Waals surface area contributed by atoms with E-state index in [9.17, 15) is 13.6 Å². The van der Waals surface area contributed by atoms with E-state index in [4.69, 9.17) is 9.15 Å². The fourth-order valence-electron chi connectivity index (χ4n) is 4.65. The summed E-state index contributed by atoms with van der Waals surface area (Å²) in [4.78, 5) is 26.4. The molecule has 4 heterocycles. The molecular weight excluding hydrogens is 539 g/mol. The minimum absolute atomic E-state index is 0.0753. The summed E-state index contributed by atoms with van der Waals surface area (Å²) >= 11 is 0. The summed E-state index contributed by atoms with van der Waals surface area (Å²) in [6, 6.07) is 9.70. The minimum Gasteiger partial charge on any atom is -0.427 e. The van der Waals surface area contributed by atoms with Gasteiger partial charge >= 0.3 is 6.43 Å². The van der Waals surface area contributed by atoms with E-state index in [-0.39, 0.29) is 30.2 Å². The standard InChI is InChI=1S/C28H28F3N7O3/c1-3-37-8-10-38(11-9-37)25-7-5-18(14-33-25)21-12-24(40-17-39)23(13-22(21)29)36(2)16-20-6-4-19(15-32-20)27-34-35-28(41-27)26(30)31/h4-7,12-15,17,26H,3,8-11,16H2,1-2H3. The van der Waals surface area contributed by atoms with Gasteiger partial charge in [-0.25, -0.2) is 9.37 Å². The van der Waals surface area contributed by atoms with Crippen molar-refractivity contribution in [3.8, 4) is 28.3 Å². The van der Waals surface area contributed by atoms with Gasteiger partial charge in [0.25, 0.3) is 12.4 Å². The van der Waals surface area contributed by atoms with Gasteiger partial charge in [0.2, 0.25) is 5.89 Å². The molecule has 0 spiro atoms. The molecule has 0 saturated carbocycles. The van der Waals surface area contributed by atoms with Crippen LogP contribution in [0.5, 0.6) is 5.75 Å². The SMILES string of the molecule is CCN1CCN(c2ccc(-c3cc(OC=O)c(N(C)Cc4ccc(-c5nnc(C(F)F)o5)cn4)cc3F)cn2)CC1. The van der Waals surface area contributed by atoms with Crippen LogP contribution >= 0.6 is 0 Å². The Kier molecular flexibility index (Phi) is 8.43. The lowest BCUT2D eigenvalue weighted by Crippen LogP contribution is -2.46. The lowest BCUT2D eigenvalue weighted by molar-refractivity contribution is -0.120. The number of ether oxygens (including phenoxy) is 1. The zero-order chi connectivity index (χ0) is 28.9. The molecular formula is C28H28F3N7O3. The van der Waals surface area contributed by atoms with E-state index in [1.54, 1.807) is 36.3 Å². The van der Waals surface area contributed by atoms with Crippen LogP contribution in [0.4, 0.5) is 24.7 Å². The van der Waals surface area contributed by atoms with E-state index in [0.717, 1.165) is 38.5 Å². The number of piperazine rings is 1. The number of halogens is 3. The van der Waals surface area contributed by atoms with Gasteiger partial charge in [-0.3, -0.25) is 9.78 Å². The molecule has 41 heavy (non-hydrogen) atoms. The monoisotopic (exact) mass is 567 g/mol. The van der Waals surface area contributed by atoms with Crippen LogP contribution in [-0.4, -0.2) is 71.3 Å². The lowest BCUT2D eigenvalue weighted by atomic mass is 10.1. The first-order valence-corrected chi connectivity index (χ1v) is 13.0. The minimum atomic E-state index is -2.87. The highest BCUT2D eigenvalue weighted by Crippen LogP contribution is 2.36. The Morgan fingerprint density at radius 2 is 1.80 bits per heavy atom. The molecule has 1 aliphatic rings. The van der Waals surface area contributed by atoms with Gasteiger partial charge in [0.1, 0.15) is 11.6 Å². The Bertz CT molecular complexity index is 1470. The molecule has 0 bridgehead atoms. The van der Waals surface area contributed by atoms with Gasteiger partial charge in [-0.15, -0.1) is 10.2 Å². The van der Waals surface area contributed by atoms with Crippen LogP contribution < -0.4 is 14.5 Å². The topological polar surface area (TPSA) is 101 Å². The number of likely N-dealkylation sites (N-methyl/N-ethyl adjacent to an activating group) is 1. The van der Waals surface area contributed by atoms with Gasteiger partial charge in [0.15, 0.2) is 5.75 Å². The predicted molar refractivity (Wildman–Crippen MR) is 145 cm³/mol. The zero-order valence-electron chi connectivity index (χ0n) is 22.5. The molecule has 1 fully saturated rings. The molecule has 1 aromatic carbocycles. The third-order valence-electron chi connectivity index (χ3n) is 6.94. The Morgan fingerprint density at radius 1 is 1.05 bits per heavy atom. The van der Waals surface area contributed by atoms with Crippen molar-refractivity contribution in [2.45, 2.75) is 19.9 Å². The summed E-state index contributed by atoms with van der Waals surface area (Å²) in [6.45, 7) is 7.37. The number of hydrogen-bond donors (Lipinski definition) is 0. The summed E-state index contributed by atoms with van der Waals surface area (Å²) in [5.41, 5.74) is 2.08. The van der Waals surface area contributed by atoms with E-state index >= 15 is 4.39 Å². The van der Waals surface area contributed by atoms with Crippen molar-refractivity contribution in [3.05, 3.63) is 66.2 Å². The van der Waals surface area contributed by atoms with Crippen LogP contribution in [0.1, 0.15) is 24.9 Å². The van der Waals surface area contributed by atoms with Crippen molar-refractivity contribution in [2.75, 3.05) is 49.6 Å². The molecule has 0 radical (unpaired) electrons. The van der Waals surface area contributed by atoms with Gasteiger partial charge in [-0.2, -0.15) is 8.78 Å². The Morgan fingerprint density at radius 3 is 2.41 bits per heavy atom. The fraction of sp³-hybridized carbons (Fsp3) is 0.321. The molecule has 0 N–H and O–H groups in total. The van der Waals surface area contributed by atoms with Crippen LogP contribution in [-0.2, 0) is 11.3 Å². The van der Waals surface area contributed by atoms with Crippen LogP contribution in [0.15, 0.2) is 53.2 Å². The first kappa shape index (κ1) is 28.0. The number of benzene rings is 1. The number of carbonyl (C=O) groups excluding carboxylic acids is 1.